The lowest BCUT2D eigenvalue weighted by Gasteiger charge is -2.27. The Labute approximate surface area is 103 Å². The summed E-state index contributed by atoms with van der Waals surface area (Å²) in [4.78, 5) is 22.9. The number of aliphatic carboxylic acids is 1. The number of hydrogen-bond donors (Lipinski definition) is 2. The summed E-state index contributed by atoms with van der Waals surface area (Å²) >= 11 is 0. The van der Waals surface area contributed by atoms with Gasteiger partial charge in [-0.05, 0) is 32.6 Å². The van der Waals surface area contributed by atoms with E-state index in [0.717, 1.165) is 25.7 Å². The zero-order valence-electron chi connectivity index (χ0n) is 10.7. The minimum Gasteiger partial charge on any atom is -0.481 e. The van der Waals surface area contributed by atoms with Crippen molar-refractivity contribution in [1.82, 2.24) is 5.32 Å². The van der Waals surface area contributed by atoms with Crippen molar-refractivity contribution in [2.45, 2.75) is 58.4 Å². The van der Waals surface area contributed by atoms with Gasteiger partial charge in [-0.15, -0.1) is 0 Å². The molecule has 1 rings (SSSR count). The van der Waals surface area contributed by atoms with E-state index < -0.39 is 11.9 Å². The number of carbonyl (C=O) groups is 2. The third-order valence-electron chi connectivity index (χ3n) is 3.39. The average Bonchev–Trinajstić information content (AvgIpc) is 2.25. The van der Waals surface area contributed by atoms with E-state index in [1.54, 1.807) is 0 Å². The highest BCUT2D eigenvalue weighted by Gasteiger charge is 2.31. The molecule has 0 saturated heterocycles. The molecule has 17 heavy (non-hydrogen) atoms. The van der Waals surface area contributed by atoms with Crippen LogP contribution in [0.5, 0.6) is 0 Å². The molecule has 1 saturated carbocycles. The van der Waals surface area contributed by atoms with Crippen LogP contribution in [-0.4, -0.2) is 23.0 Å². The highest BCUT2D eigenvalue weighted by molar-refractivity contribution is 5.82. The van der Waals surface area contributed by atoms with Gasteiger partial charge < -0.3 is 10.4 Å². The predicted octanol–water partition coefficient (Wildman–Crippen LogP) is 2.18. The van der Waals surface area contributed by atoms with Crippen LogP contribution in [-0.2, 0) is 9.59 Å². The summed E-state index contributed by atoms with van der Waals surface area (Å²) < 4.78 is 0. The minimum absolute atomic E-state index is 0.0725. The van der Waals surface area contributed by atoms with Crippen LogP contribution >= 0.6 is 0 Å². The van der Waals surface area contributed by atoms with Gasteiger partial charge in [0.2, 0.25) is 5.91 Å². The van der Waals surface area contributed by atoms with Gasteiger partial charge in [-0.25, -0.2) is 0 Å². The Bertz CT molecular complexity index is 270. The lowest BCUT2D eigenvalue weighted by molar-refractivity contribution is -0.146. The Kier molecular flexibility index (Phi) is 5.45. The lowest BCUT2D eigenvalue weighted by atomic mass is 9.78. The predicted molar refractivity (Wildman–Crippen MR) is 65.6 cm³/mol. The molecule has 1 fully saturated rings. The molecule has 4 heteroatoms. The molecular formula is C13H23NO3. The van der Waals surface area contributed by atoms with Crippen molar-refractivity contribution in [3.05, 3.63) is 0 Å². The molecule has 0 heterocycles. The Morgan fingerprint density at radius 3 is 2.29 bits per heavy atom. The molecule has 0 aromatic carbocycles. The number of nitrogens with one attached hydrogen (secondary N) is 1. The van der Waals surface area contributed by atoms with Gasteiger partial charge in [0.15, 0.2) is 0 Å². The summed E-state index contributed by atoms with van der Waals surface area (Å²) in [5.41, 5.74) is 0. The third kappa shape index (κ3) is 4.75. The quantitative estimate of drug-likeness (QED) is 0.775. The highest BCUT2D eigenvalue weighted by Crippen LogP contribution is 2.31. The number of hydrogen-bond acceptors (Lipinski definition) is 2. The Hall–Kier alpha value is -1.06. The van der Waals surface area contributed by atoms with Crippen LogP contribution in [0.2, 0.25) is 0 Å². The van der Waals surface area contributed by atoms with E-state index in [9.17, 15) is 14.7 Å². The van der Waals surface area contributed by atoms with Crippen molar-refractivity contribution in [3.8, 4) is 0 Å². The zero-order valence-corrected chi connectivity index (χ0v) is 10.7. The van der Waals surface area contributed by atoms with Crippen LogP contribution < -0.4 is 5.32 Å². The van der Waals surface area contributed by atoms with Gasteiger partial charge in [0.25, 0.3) is 0 Å². The summed E-state index contributed by atoms with van der Waals surface area (Å²) in [5, 5.41) is 12.0. The number of carbonyl (C=O) groups excluding carboxylic acids is 1. The van der Waals surface area contributed by atoms with Crippen LogP contribution in [0.15, 0.2) is 0 Å². The molecule has 0 aromatic rings. The third-order valence-corrected chi connectivity index (χ3v) is 3.39. The van der Waals surface area contributed by atoms with Crippen molar-refractivity contribution in [1.29, 1.82) is 0 Å². The molecule has 1 aliphatic rings. The fourth-order valence-electron chi connectivity index (χ4n) is 2.57. The van der Waals surface area contributed by atoms with Gasteiger partial charge in [0.1, 0.15) is 0 Å². The maximum Gasteiger partial charge on any atom is 0.307 e. The van der Waals surface area contributed by atoms with Gasteiger partial charge in [-0.1, -0.05) is 19.3 Å². The number of carboxylic acid groups (broad SMARTS) is 1. The maximum absolute atomic E-state index is 11.6. The molecule has 1 unspecified atom stereocenters. The average molecular weight is 241 g/mol. The standard InChI is InChI=1S/C13H23NO3/c1-9(2)14-12(15)8-11(13(16)17)10-6-4-3-5-7-10/h9-11H,3-8H2,1-2H3,(H,14,15)(H,16,17). The second-order valence-corrected chi connectivity index (χ2v) is 5.27. The molecule has 0 spiro atoms. The fraction of sp³-hybridized carbons (Fsp3) is 0.846. The highest BCUT2D eigenvalue weighted by atomic mass is 16.4. The van der Waals surface area contributed by atoms with Crippen LogP contribution in [0.3, 0.4) is 0 Å². The molecule has 2 N–H and O–H groups in total. The van der Waals surface area contributed by atoms with Crippen molar-refractivity contribution in [2.24, 2.45) is 11.8 Å². The first-order valence-corrected chi connectivity index (χ1v) is 6.53. The van der Waals surface area contributed by atoms with Crippen molar-refractivity contribution >= 4 is 11.9 Å². The first kappa shape index (κ1) is 14.0. The number of carboxylic acids is 1. The number of rotatable bonds is 5. The molecule has 98 valence electrons. The van der Waals surface area contributed by atoms with Crippen LogP contribution in [0.4, 0.5) is 0 Å². The molecule has 1 atom stereocenters. The monoisotopic (exact) mass is 241 g/mol. The molecule has 0 aliphatic heterocycles. The molecule has 4 nitrogen and oxygen atoms in total. The summed E-state index contributed by atoms with van der Waals surface area (Å²) in [5.74, 6) is -1.29. The van der Waals surface area contributed by atoms with Crippen LogP contribution in [0, 0.1) is 11.8 Å². The van der Waals surface area contributed by atoms with E-state index in [1.165, 1.54) is 6.42 Å². The molecule has 0 aromatic heterocycles. The Morgan fingerprint density at radius 1 is 1.24 bits per heavy atom. The number of amides is 1. The van der Waals surface area contributed by atoms with Crippen molar-refractivity contribution in [3.63, 3.8) is 0 Å². The van der Waals surface area contributed by atoms with Crippen LogP contribution in [0.1, 0.15) is 52.4 Å². The summed E-state index contributed by atoms with van der Waals surface area (Å²) in [6.07, 6.45) is 5.41. The van der Waals surface area contributed by atoms with E-state index in [4.69, 9.17) is 0 Å². The van der Waals surface area contributed by atoms with Gasteiger partial charge >= 0.3 is 5.97 Å². The van der Waals surface area contributed by atoms with Crippen molar-refractivity contribution in [2.75, 3.05) is 0 Å². The largest absolute Gasteiger partial charge is 0.481 e. The van der Waals surface area contributed by atoms with Gasteiger partial charge in [0.05, 0.1) is 5.92 Å². The van der Waals surface area contributed by atoms with Crippen LogP contribution in [0.25, 0.3) is 0 Å². The lowest BCUT2D eigenvalue weighted by Crippen LogP contribution is -2.35. The molecular weight excluding hydrogens is 218 g/mol. The topological polar surface area (TPSA) is 66.4 Å². The van der Waals surface area contributed by atoms with E-state index in [0.29, 0.717) is 0 Å². The normalized spacial score (nSPS) is 19.0. The zero-order chi connectivity index (χ0) is 12.8. The maximum atomic E-state index is 11.6. The molecule has 0 bridgehead atoms. The van der Waals surface area contributed by atoms with E-state index in [2.05, 4.69) is 5.32 Å². The van der Waals surface area contributed by atoms with Crippen molar-refractivity contribution < 1.29 is 14.7 Å². The van der Waals surface area contributed by atoms with E-state index in [-0.39, 0.29) is 24.3 Å². The second kappa shape index (κ2) is 6.62. The van der Waals surface area contributed by atoms with E-state index in [1.807, 2.05) is 13.8 Å². The first-order chi connectivity index (χ1) is 8.00. The first-order valence-electron chi connectivity index (χ1n) is 6.53. The summed E-state index contributed by atoms with van der Waals surface area (Å²) in [7, 11) is 0. The smallest absolute Gasteiger partial charge is 0.307 e. The SMILES string of the molecule is CC(C)NC(=O)CC(C(=O)O)C1CCCCC1. The fourth-order valence-corrected chi connectivity index (χ4v) is 2.57. The Balaban J connectivity index is 2.53. The van der Waals surface area contributed by atoms with Gasteiger partial charge in [-0.2, -0.15) is 0 Å². The second-order valence-electron chi connectivity index (χ2n) is 5.27. The molecule has 1 aliphatic carbocycles. The molecule has 1 amide bonds. The molecule has 0 radical (unpaired) electrons. The van der Waals surface area contributed by atoms with E-state index >= 15 is 0 Å². The Morgan fingerprint density at radius 2 is 1.82 bits per heavy atom. The van der Waals surface area contributed by atoms with Gasteiger partial charge in [0, 0.05) is 12.5 Å². The summed E-state index contributed by atoms with van der Waals surface area (Å²) in [6.45, 7) is 3.77. The summed E-state index contributed by atoms with van der Waals surface area (Å²) in [6, 6.07) is 0.0725. The minimum atomic E-state index is -0.823. The van der Waals surface area contributed by atoms with Gasteiger partial charge in [-0.3, -0.25) is 9.59 Å².